The highest BCUT2D eigenvalue weighted by atomic mass is 19.1. The Kier molecular flexibility index (Phi) is 5.82. The number of anilines is 1. The molecule has 26 heavy (non-hydrogen) atoms. The van der Waals surface area contributed by atoms with E-state index in [4.69, 9.17) is 5.26 Å². The van der Waals surface area contributed by atoms with Gasteiger partial charge < -0.3 is 10.2 Å². The third-order valence-electron chi connectivity index (χ3n) is 4.58. The SMILES string of the molecule is N#Cc1ccc(NC(=O)N2CCN(CCc3ccccc3F)CC2)cc1. The lowest BCUT2D eigenvalue weighted by atomic mass is 10.1. The number of nitrogens with zero attached hydrogens (tertiary/aromatic N) is 3. The van der Waals surface area contributed by atoms with Crippen LogP contribution in [-0.2, 0) is 6.42 Å². The second-order valence-electron chi connectivity index (χ2n) is 6.29. The summed E-state index contributed by atoms with van der Waals surface area (Å²) in [6.07, 6.45) is 0.671. The van der Waals surface area contributed by atoms with E-state index in [1.165, 1.54) is 6.07 Å². The van der Waals surface area contributed by atoms with Crippen molar-refractivity contribution in [3.05, 3.63) is 65.5 Å². The quantitative estimate of drug-likeness (QED) is 0.920. The van der Waals surface area contributed by atoms with E-state index in [-0.39, 0.29) is 11.8 Å². The zero-order chi connectivity index (χ0) is 18.4. The van der Waals surface area contributed by atoms with E-state index in [1.807, 2.05) is 12.1 Å². The number of piperazine rings is 1. The number of hydrogen-bond donors (Lipinski definition) is 1. The molecule has 0 aliphatic carbocycles. The van der Waals surface area contributed by atoms with Crippen molar-refractivity contribution in [2.45, 2.75) is 6.42 Å². The first-order chi connectivity index (χ1) is 12.7. The third kappa shape index (κ3) is 4.58. The average molecular weight is 352 g/mol. The summed E-state index contributed by atoms with van der Waals surface area (Å²) < 4.78 is 13.7. The van der Waals surface area contributed by atoms with Gasteiger partial charge in [0.25, 0.3) is 0 Å². The van der Waals surface area contributed by atoms with Gasteiger partial charge in [-0.25, -0.2) is 9.18 Å². The van der Waals surface area contributed by atoms with Gasteiger partial charge in [-0.15, -0.1) is 0 Å². The van der Waals surface area contributed by atoms with Crippen LogP contribution < -0.4 is 5.32 Å². The van der Waals surface area contributed by atoms with E-state index in [9.17, 15) is 9.18 Å². The fourth-order valence-corrected chi connectivity index (χ4v) is 2.98. The number of amides is 2. The van der Waals surface area contributed by atoms with Gasteiger partial charge in [-0.2, -0.15) is 5.26 Å². The van der Waals surface area contributed by atoms with Crippen molar-refractivity contribution in [1.82, 2.24) is 9.80 Å². The number of nitriles is 1. The van der Waals surface area contributed by atoms with Crippen LogP contribution >= 0.6 is 0 Å². The molecular formula is C20H21FN4O. The molecule has 1 heterocycles. The van der Waals surface area contributed by atoms with Crippen LogP contribution in [0.3, 0.4) is 0 Å². The number of rotatable bonds is 4. The van der Waals surface area contributed by atoms with Crippen LogP contribution in [0.4, 0.5) is 14.9 Å². The van der Waals surface area contributed by atoms with Gasteiger partial charge in [0, 0.05) is 38.4 Å². The Bertz CT molecular complexity index is 792. The number of urea groups is 1. The topological polar surface area (TPSA) is 59.4 Å². The zero-order valence-corrected chi connectivity index (χ0v) is 14.5. The lowest BCUT2D eigenvalue weighted by Gasteiger charge is -2.34. The summed E-state index contributed by atoms with van der Waals surface area (Å²) >= 11 is 0. The first-order valence-electron chi connectivity index (χ1n) is 8.67. The van der Waals surface area contributed by atoms with Crippen LogP contribution in [-0.4, -0.2) is 48.6 Å². The summed E-state index contributed by atoms with van der Waals surface area (Å²) in [5, 5.41) is 11.7. The van der Waals surface area contributed by atoms with E-state index in [1.54, 1.807) is 35.2 Å². The highest BCUT2D eigenvalue weighted by molar-refractivity contribution is 5.89. The summed E-state index contributed by atoms with van der Waals surface area (Å²) in [7, 11) is 0. The maximum atomic E-state index is 13.7. The number of halogens is 1. The molecule has 0 unspecified atom stereocenters. The van der Waals surface area contributed by atoms with Crippen molar-refractivity contribution < 1.29 is 9.18 Å². The molecule has 2 aromatic rings. The van der Waals surface area contributed by atoms with Gasteiger partial charge in [0.15, 0.2) is 0 Å². The standard InChI is InChI=1S/C20H21FN4O/c21-19-4-2-1-3-17(19)9-10-24-11-13-25(14-12-24)20(26)23-18-7-5-16(15-22)6-8-18/h1-8H,9-14H2,(H,23,26). The van der Waals surface area contributed by atoms with Gasteiger partial charge in [-0.1, -0.05) is 18.2 Å². The third-order valence-corrected chi connectivity index (χ3v) is 4.58. The lowest BCUT2D eigenvalue weighted by molar-refractivity contribution is 0.148. The lowest BCUT2D eigenvalue weighted by Crippen LogP contribution is -2.50. The molecule has 2 amide bonds. The average Bonchev–Trinajstić information content (AvgIpc) is 2.68. The Morgan fingerprint density at radius 1 is 1.08 bits per heavy atom. The molecule has 6 heteroatoms. The molecule has 3 rings (SSSR count). The Morgan fingerprint density at radius 3 is 2.42 bits per heavy atom. The van der Waals surface area contributed by atoms with Gasteiger partial charge in [0.05, 0.1) is 11.6 Å². The minimum Gasteiger partial charge on any atom is -0.322 e. The van der Waals surface area contributed by atoms with E-state index in [2.05, 4.69) is 16.3 Å². The Labute approximate surface area is 152 Å². The summed E-state index contributed by atoms with van der Waals surface area (Å²) in [5.74, 6) is -0.159. The fraction of sp³-hybridized carbons (Fsp3) is 0.300. The molecule has 1 fully saturated rings. The van der Waals surface area contributed by atoms with Crippen molar-refractivity contribution in [2.75, 3.05) is 38.0 Å². The smallest absolute Gasteiger partial charge is 0.321 e. The van der Waals surface area contributed by atoms with Crippen LogP contribution in [0, 0.1) is 17.1 Å². The van der Waals surface area contributed by atoms with Gasteiger partial charge >= 0.3 is 6.03 Å². The highest BCUT2D eigenvalue weighted by Gasteiger charge is 2.21. The molecule has 1 N–H and O–H groups in total. The summed E-state index contributed by atoms with van der Waals surface area (Å²) in [6, 6.07) is 15.6. The van der Waals surface area contributed by atoms with Crippen molar-refractivity contribution >= 4 is 11.7 Å². The van der Waals surface area contributed by atoms with Gasteiger partial charge in [-0.05, 0) is 42.3 Å². The Morgan fingerprint density at radius 2 is 1.77 bits per heavy atom. The van der Waals surface area contributed by atoms with Crippen molar-refractivity contribution in [3.63, 3.8) is 0 Å². The second kappa shape index (κ2) is 8.45. The highest BCUT2D eigenvalue weighted by Crippen LogP contribution is 2.12. The maximum Gasteiger partial charge on any atom is 0.321 e. The molecule has 5 nitrogen and oxygen atoms in total. The largest absolute Gasteiger partial charge is 0.322 e. The molecule has 134 valence electrons. The normalized spacial score (nSPS) is 14.7. The first-order valence-corrected chi connectivity index (χ1v) is 8.67. The van der Waals surface area contributed by atoms with E-state index in [0.29, 0.717) is 30.8 Å². The zero-order valence-electron chi connectivity index (χ0n) is 14.5. The van der Waals surface area contributed by atoms with Crippen LogP contribution in [0.2, 0.25) is 0 Å². The number of carbonyl (C=O) groups excluding carboxylic acids is 1. The minimum absolute atomic E-state index is 0.136. The van der Waals surface area contributed by atoms with Crippen LogP contribution in [0.1, 0.15) is 11.1 Å². The van der Waals surface area contributed by atoms with Crippen LogP contribution in [0.15, 0.2) is 48.5 Å². The molecular weight excluding hydrogens is 331 g/mol. The number of nitrogens with one attached hydrogen (secondary N) is 1. The van der Waals surface area contributed by atoms with Crippen LogP contribution in [0.5, 0.6) is 0 Å². The predicted molar refractivity (Wildman–Crippen MR) is 98.3 cm³/mol. The van der Waals surface area contributed by atoms with Gasteiger partial charge in [0.2, 0.25) is 0 Å². The van der Waals surface area contributed by atoms with Crippen molar-refractivity contribution in [3.8, 4) is 6.07 Å². The van der Waals surface area contributed by atoms with Gasteiger partial charge in [-0.3, -0.25) is 4.90 Å². The minimum atomic E-state index is -0.159. The van der Waals surface area contributed by atoms with Gasteiger partial charge in [0.1, 0.15) is 5.82 Å². The fourth-order valence-electron chi connectivity index (χ4n) is 2.98. The molecule has 0 saturated carbocycles. The molecule has 1 aliphatic heterocycles. The van der Waals surface area contributed by atoms with E-state index >= 15 is 0 Å². The number of hydrogen-bond acceptors (Lipinski definition) is 3. The molecule has 1 aliphatic rings. The molecule has 0 radical (unpaired) electrons. The maximum absolute atomic E-state index is 13.7. The molecule has 2 aromatic carbocycles. The molecule has 0 spiro atoms. The molecule has 0 bridgehead atoms. The van der Waals surface area contributed by atoms with E-state index < -0.39 is 0 Å². The van der Waals surface area contributed by atoms with Crippen molar-refractivity contribution in [1.29, 1.82) is 5.26 Å². The Hall–Kier alpha value is -2.91. The molecule has 0 aromatic heterocycles. The Balaban J connectivity index is 1.44. The monoisotopic (exact) mass is 352 g/mol. The molecule has 1 saturated heterocycles. The summed E-state index contributed by atoms with van der Waals surface area (Å²) in [6.45, 7) is 3.61. The first kappa shape index (κ1) is 17.9. The summed E-state index contributed by atoms with van der Waals surface area (Å²) in [5.41, 5.74) is 1.97. The molecule has 0 atom stereocenters. The van der Waals surface area contributed by atoms with Crippen LogP contribution in [0.25, 0.3) is 0 Å². The number of carbonyl (C=O) groups is 1. The van der Waals surface area contributed by atoms with Crippen molar-refractivity contribution in [2.24, 2.45) is 0 Å². The predicted octanol–water partition coefficient (Wildman–Crippen LogP) is 3.09. The summed E-state index contributed by atoms with van der Waals surface area (Å²) in [4.78, 5) is 16.4. The van der Waals surface area contributed by atoms with E-state index in [0.717, 1.165) is 25.2 Å². The number of benzene rings is 2. The second-order valence-corrected chi connectivity index (χ2v) is 6.29.